The van der Waals surface area contributed by atoms with Crippen molar-refractivity contribution in [3.8, 4) is 0 Å². The monoisotopic (exact) mass is 303 g/mol. The minimum atomic E-state index is 0.303. The summed E-state index contributed by atoms with van der Waals surface area (Å²) in [7, 11) is 0. The van der Waals surface area contributed by atoms with Gasteiger partial charge in [0.2, 0.25) is 5.91 Å². The first-order valence-corrected chi connectivity index (χ1v) is 8.37. The van der Waals surface area contributed by atoms with Crippen molar-refractivity contribution in [2.75, 3.05) is 26.2 Å². The third-order valence-corrected chi connectivity index (χ3v) is 4.85. The van der Waals surface area contributed by atoms with Crippen LogP contribution in [-0.4, -0.2) is 53.6 Å². The van der Waals surface area contributed by atoms with E-state index >= 15 is 0 Å². The van der Waals surface area contributed by atoms with Gasteiger partial charge in [-0.1, -0.05) is 6.92 Å². The molecule has 1 saturated heterocycles. The lowest BCUT2D eigenvalue weighted by Crippen LogP contribution is -2.52. The lowest BCUT2D eigenvalue weighted by molar-refractivity contribution is -0.133. The fraction of sp³-hybridized carbons (Fsp3) is 0.667. The molecule has 1 unspecified atom stereocenters. The van der Waals surface area contributed by atoms with Gasteiger partial charge in [0.25, 0.3) is 0 Å². The van der Waals surface area contributed by atoms with Crippen LogP contribution in [0.4, 0.5) is 0 Å². The summed E-state index contributed by atoms with van der Waals surface area (Å²) >= 11 is 0. The summed E-state index contributed by atoms with van der Waals surface area (Å²) in [6, 6.07) is 0.310. The van der Waals surface area contributed by atoms with Gasteiger partial charge in [-0.15, -0.1) is 0 Å². The molecule has 0 bridgehead atoms. The summed E-state index contributed by atoms with van der Waals surface area (Å²) in [5.74, 6) is 0.303. The molecular weight excluding hydrogens is 274 g/mol. The Kier molecular flexibility index (Phi) is 5.57. The van der Waals surface area contributed by atoms with E-state index < -0.39 is 0 Å². The number of hydrogen-bond donors (Lipinski definition) is 0. The van der Waals surface area contributed by atoms with Gasteiger partial charge < -0.3 is 4.90 Å². The van der Waals surface area contributed by atoms with Gasteiger partial charge in [-0.05, 0) is 51.3 Å². The van der Waals surface area contributed by atoms with E-state index in [2.05, 4.69) is 50.6 Å². The van der Waals surface area contributed by atoms with E-state index in [4.69, 9.17) is 0 Å². The van der Waals surface area contributed by atoms with E-state index in [1.165, 1.54) is 11.1 Å². The van der Waals surface area contributed by atoms with E-state index in [-0.39, 0.29) is 0 Å². The summed E-state index contributed by atoms with van der Waals surface area (Å²) in [5.41, 5.74) is 4.88. The van der Waals surface area contributed by atoms with E-state index in [1.54, 1.807) is 0 Å². The van der Waals surface area contributed by atoms with Gasteiger partial charge in [-0.3, -0.25) is 14.7 Å². The second kappa shape index (κ2) is 7.23. The van der Waals surface area contributed by atoms with Crippen molar-refractivity contribution in [2.24, 2.45) is 4.99 Å². The van der Waals surface area contributed by atoms with Crippen molar-refractivity contribution in [3.63, 3.8) is 0 Å². The van der Waals surface area contributed by atoms with Crippen LogP contribution in [0.3, 0.4) is 0 Å². The Hall–Kier alpha value is -1.42. The van der Waals surface area contributed by atoms with Crippen LogP contribution in [0, 0.1) is 0 Å². The molecule has 122 valence electrons. The molecule has 0 aromatic heterocycles. The first kappa shape index (κ1) is 16.9. The second-order valence-corrected chi connectivity index (χ2v) is 6.42. The van der Waals surface area contributed by atoms with Crippen molar-refractivity contribution in [2.45, 2.75) is 53.5 Å². The molecule has 0 N–H and O–H groups in total. The quantitative estimate of drug-likeness (QED) is 0.803. The number of allylic oxidation sites excluding steroid dienone is 2. The number of piperazine rings is 1. The molecule has 1 fully saturated rings. The molecule has 0 spiro atoms. The number of aliphatic imine (C=N–C) groups is 1. The normalized spacial score (nSPS) is 24.0. The van der Waals surface area contributed by atoms with Crippen LogP contribution < -0.4 is 0 Å². The van der Waals surface area contributed by atoms with E-state index in [0.717, 1.165) is 44.0 Å². The van der Waals surface area contributed by atoms with Gasteiger partial charge >= 0.3 is 0 Å². The topological polar surface area (TPSA) is 35.9 Å². The van der Waals surface area contributed by atoms with Crippen molar-refractivity contribution in [1.29, 1.82) is 0 Å². The van der Waals surface area contributed by atoms with E-state index in [9.17, 15) is 4.79 Å². The first-order valence-electron chi connectivity index (χ1n) is 8.37. The largest absolute Gasteiger partial charge is 0.340 e. The zero-order valence-electron chi connectivity index (χ0n) is 14.6. The van der Waals surface area contributed by atoms with Crippen LogP contribution in [0.25, 0.3) is 0 Å². The summed E-state index contributed by atoms with van der Waals surface area (Å²) in [4.78, 5) is 21.2. The Labute approximate surface area is 134 Å². The molecule has 2 aliphatic rings. The van der Waals surface area contributed by atoms with Crippen molar-refractivity contribution in [3.05, 3.63) is 22.9 Å². The molecule has 0 radical (unpaired) electrons. The third kappa shape index (κ3) is 3.67. The molecule has 1 atom stereocenters. The zero-order chi connectivity index (χ0) is 16.3. The number of nitrogens with zero attached hydrogens (tertiary/aromatic N) is 3. The second-order valence-electron chi connectivity index (χ2n) is 6.42. The average molecular weight is 303 g/mol. The average Bonchev–Trinajstić information content (AvgIpc) is 2.59. The fourth-order valence-corrected chi connectivity index (χ4v) is 3.25. The van der Waals surface area contributed by atoms with Crippen molar-refractivity contribution >= 4 is 11.6 Å². The highest BCUT2D eigenvalue weighted by Crippen LogP contribution is 2.23. The maximum Gasteiger partial charge on any atom is 0.222 e. The van der Waals surface area contributed by atoms with Gasteiger partial charge in [0.1, 0.15) is 0 Å². The number of carbonyl (C=O) groups excluding carboxylic acids is 1. The predicted molar refractivity (Wildman–Crippen MR) is 92.1 cm³/mol. The summed E-state index contributed by atoms with van der Waals surface area (Å²) < 4.78 is 0. The maximum absolute atomic E-state index is 12.0. The standard InChI is InChI=1S/C18H29N3O/c1-6-7-18(22)21-10-8-20(9-11-21)17-12-13(2)19-16(5)14(3)15(17)4/h12,17H,6-11H2,1-5H3. The Bertz CT molecular complexity index is 522. The Balaban J connectivity index is 2.08. The van der Waals surface area contributed by atoms with Gasteiger partial charge in [-0.2, -0.15) is 0 Å². The Morgan fingerprint density at radius 3 is 2.41 bits per heavy atom. The summed E-state index contributed by atoms with van der Waals surface area (Å²) in [6.07, 6.45) is 3.87. The van der Waals surface area contributed by atoms with Gasteiger partial charge in [0, 0.05) is 44.0 Å². The molecule has 22 heavy (non-hydrogen) atoms. The molecular formula is C18H29N3O. The first-order chi connectivity index (χ1) is 10.4. The summed E-state index contributed by atoms with van der Waals surface area (Å²) in [5, 5.41) is 0. The van der Waals surface area contributed by atoms with Crippen molar-refractivity contribution < 1.29 is 4.79 Å². The van der Waals surface area contributed by atoms with Crippen LogP contribution in [0.1, 0.15) is 47.5 Å². The Morgan fingerprint density at radius 1 is 1.18 bits per heavy atom. The highest BCUT2D eigenvalue weighted by Gasteiger charge is 2.27. The molecule has 1 amide bonds. The zero-order valence-corrected chi connectivity index (χ0v) is 14.6. The van der Waals surface area contributed by atoms with E-state index in [0.29, 0.717) is 18.4 Å². The minimum absolute atomic E-state index is 0.303. The van der Waals surface area contributed by atoms with Crippen LogP contribution in [0.5, 0.6) is 0 Å². The molecule has 0 aromatic carbocycles. The third-order valence-electron chi connectivity index (χ3n) is 4.85. The van der Waals surface area contributed by atoms with Gasteiger partial charge in [0.15, 0.2) is 0 Å². The minimum Gasteiger partial charge on any atom is -0.340 e. The Morgan fingerprint density at radius 2 is 1.82 bits per heavy atom. The lowest BCUT2D eigenvalue weighted by atomic mass is 9.99. The predicted octanol–water partition coefficient (Wildman–Crippen LogP) is 3.01. The summed E-state index contributed by atoms with van der Waals surface area (Å²) in [6.45, 7) is 14.1. The molecule has 4 nitrogen and oxygen atoms in total. The number of rotatable bonds is 3. The number of carbonyl (C=O) groups is 1. The van der Waals surface area contributed by atoms with Crippen molar-refractivity contribution in [1.82, 2.24) is 9.80 Å². The van der Waals surface area contributed by atoms with Gasteiger partial charge in [0.05, 0.1) is 6.04 Å². The van der Waals surface area contributed by atoms with E-state index in [1.807, 2.05) is 4.90 Å². The smallest absolute Gasteiger partial charge is 0.222 e. The molecule has 2 heterocycles. The lowest BCUT2D eigenvalue weighted by Gasteiger charge is -2.39. The number of hydrogen-bond acceptors (Lipinski definition) is 3. The van der Waals surface area contributed by atoms with Crippen LogP contribution in [-0.2, 0) is 4.79 Å². The molecule has 0 saturated carbocycles. The van der Waals surface area contributed by atoms with Gasteiger partial charge in [-0.25, -0.2) is 0 Å². The van der Waals surface area contributed by atoms with Crippen LogP contribution in [0.2, 0.25) is 0 Å². The maximum atomic E-state index is 12.0. The molecule has 2 rings (SSSR count). The molecule has 0 aromatic rings. The molecule has 4 heteroatoms. The SMILES string of the molecule is CCCC(=O)N1CCN(C2C=C(C)N=C(C)C(C)=C2C)CC1. The molecule has 0 aliphatic carbocycles. The molecule has 2 aliphatic heterocycles. The van der Waals surface area contributed by atoms with Crippen LogP contribution >= 0.6 is 0 Å². The van der Waals surface area contributed by atoms with Crippen LogP contribution in [0.15, 0.2) is 27.9 Å². The fourth-order valence-electron chi connectivity index (χ4n) is 3.25. The highest BCUT2D eigenvalue weighted by atomic mass is 16.2. The highest BCUT2D eigenvalue weighted by molar-refractivity contribution is 5.99. The number of amides is 1.